The Bertz CT molecular complexity index is 1150. The summed E-state index contributed by atoms with van der Waals surface area (Å²) < 4.78 is 49.0. The number of imide groups is 1. The Balaban J connectivity index is 0.000000383. The number of carboxylic acid groups (broad SMARTS) is 1. The van der Waals surface area contributed by atoms with Crippen LogP contribution in [0.3, 0.4) is 0 Å². The van der Waals surface area contributed by atoms with Gasteiger partial charge in [0, 0.05) is 13.5 Å². The number of rotatable bonds is 2. The first kappa shape index (κ1) is 24.4. The highest BCUT2D eigenvalue weighted by atomic mass is 19.4. The number of benzene rings is 1. The van der Waals surface area contributed by atoms with Crippen molar-refractivity contribution in [2.24, 2.45) is 7.05 Å². The van der Waals surface area contributed by atoms with E-state index in [1.165, 1.54) is 21.3 Å². The van der Waals surface area contributed by atoms with Crippen LogP contribution in [0.2, 0.25) is 0 Å². The number of amides is 2. The summed E-state index contributed by atoms with van der Waals surface area (Å²) in [5, 5.41) is 12.7. The maximum Gasteiger partial charge on any atom is 0.490 e. The van der Waals surface area contributed by atoms with Gasteiger partial charge in [-0.15, -0.1) is 0 Å². The molecule has 13 heteroatoms. The number of alkyl halides is 3. The van der Waals surface area contributed by atoms with Crippen LogP contribution in [0.5, 0.6) is 0 Å². The largest absolute Gasteiger partial charge is 0.490 e. The predicted molar refractivity (Wildman–Crippen MR) is 107 cm³/mol. The van der Waals surface area contributed by atoms with Crippen LogP contribution in [0.1, 0.15) is 43.2 Å². The van der Waals surface area contributed by atoms with Gasteiger partial charge in [0.05, 0.1) is 11.0 Å². The van der Waals surface area contributed by atoms with Crippen LogP contribution in [0, 0.1) is 5.82 Å². The minimum atomic E-state index is -5.08. The third-order valence-corrected chi connectivity index (χ3v) is 5.72. The number of nitrogens with zero attached hydrogens (tertiary/aromatic N) is 2. The van der Waals surface area contributed by atoms with Gasteiger partial charge in [0.1, 0.15) is 11.9 Å². The molecule has 3 heterocycles. The molecule has 1 aromatic carbocycles. The lowest BCUT2D eigenvalue weighted by Crippen LogP contribution is -2.44. The molecule has 2 amide bonds. The van der Waals surface area contributed by atoms with Gasteiger partial charge in [0.2, 0.25) is 11.8 Å². The number of fused-ring (bicyclic) bond motifs is 1. The molecule has 0 saturated carbocycles. The predicted octanol–water partition coefficient (Wildman–Crippen LogP) is 1.56. The quantitative estimate of drug-likeness (QED) is 0.449. The van der Waals surface area contributed by atoms with E-state index in [4.69, 9.17) is 9.90 Å². The minimum absolute atomic E-state index is 0.162. The average molecular weight is 474 g/mol. The van der Waals surface area contributed by atoms with Gasteiger partial charge in [-0.05, 0) is 56.0 Å². The van der Waals surface area contributed by atoms with E-state index >= 15 is 0 Å². The Kier molecular flexibility index (Phi) is 6.91. The average Bonchev–Trinajstić information content (AvgIpc) is 2.98. The highest BCUT2D eigenvalue weighted by molar-refractivity contribution is 6.00. The number of carbonyl (C=O) groups excluding carboxylic acids is 2. The maximum atomic E-state index is 14.4. The molecule has 3 N–H and O–H groups in total. The topological polar surface area (TPSA) is 122 Å². The molecule has 1 aromatic heterocycles. The molecule has 180 valence electrons. The molecule has 0 bridgehead atoms. The molecule has 2 fully saturated rings. The summed E-state index contributed by atoms with van der Waals surface area (Å²) in [5.41, 5.74) is 1.54. The van der Waals surface area contributed by atoms with Gasteiger partial charge in [0.25, 0.3) is 0 Å². The first-order chi connectivity index (χ1) is 15.4. The Morgan fingerprint density at radius 2 is 1.73 bits per heavy atom. The van der Waals surface area contributed by atoms with E-state index in [9.17, 15) is 31.9 Å². The normalized spacial score (nSPS) is 19.7. The monoisotopic (exact) mass is 474 g/mol. The van der Waals surface area contributed by atoms with Gasteiger partial charge in [0.15, 0.2) is 0 Å². The van der Waals surface area contributed by atoms with E-state index in [2.05, 4.69) is 10.6 Å². The lowest BCUT2D eigenvalue weighted by Gasteiger charge is -2.24. The molecule has 33 heavy (non-hydrogen) atoms. The number of aromatic nitrogens is 2. The first-order valence-corrected chi connectivity index (χ1v) is 10.2. The van der Waals surface area contributed by atoms with Crippen LogP contribution in [-0.4, -0.2) is 51.3 Å². The van der Waals surface area contributed by atoms with Crippen LogP contribution < -0.4 is 16.3 Å². The van der Waals surface area contributed by atoms with Crippen molar-refractivity contribution in [1.29, 1.82) is 0 Å². The molecule has 0 spiro atoms. The summed E-state index contributed by atoms with van der Waals surface area (Å²) >= 11 is 0. The molecular formula is C20H22F4N4O5. The Morgan fingerprint density at radius 1 is 1.12 bits per heavy atom. The molecule has 4 rings (SSSR count). The van der Waals surface area contributed by atoms with Crippen molar-refractivity contribution in [3.05, 3.63) is 34.0 Å². The zero-order valence-electron chi connectivity index (χ0n) is 17.5. The van der Waals surface area contributed by atoms with Gasteiger partial charge in [-0.2, -0.15) is 13.2 Å². The highest BCUT2D eigenvalue weighted by Gasteiger charge is 2.38. The summed E-state index contributed by atoms with van der Waals surface area (Å²) in [7, 11) is 1.65. The SMILES string of the molecule is Cn1c(=O)n(C2CCC(=O)NC2=O)c2cc(F)cc(C3CCNCC3)c21.O=C(O)C(F)(F)F. The van der Waals surface area contributed by atoms with Crippen LogP contribution in [0.15, 0.2) is 16.9 Å². The first-order valence-electron chi connectivity index (χ1n) is 10.2. The number of hydrogen-bond donors (Lipinski definition) is 3. The smallest absolute Gasteiger partial charge is 0.475 e. The third kappa shape index (κ3) is 5.07. The zero-order chi connectivity index (χ0) is 24.5. The van der Waals surface area contributed by atoms with Gasteiger partial charge >= 0.3 is 17.8 Å². The van der Waals surface area contributed by atoms with Crippen molar-refractivity contribution in [3.63, 3.8) is 0 Å². The number of carbonyl (C=O) groups is 3. The van der Waals surface area contributed by atoms with E-state index in [-0.39, 0.29) is 30.4 Å². The summed E-state index contributed by atoms with van der Waals surface area (Å²) in [6.45, 7) is 1.70. The van der Waals surface area contributed by atoms with Crippen molar-refractivity contribution in [2.45, 2.75) is 43.8 Å². The van der Waals surface area contributed by atoms with Gasteiger partial charge in [-0.3, -0.25) is 24.0 Å². The fraction of sp³-hybridized carbons (Fsp3) is 0.500. The molecule has 2 aliphatic rings. The van der Waals surface area contributed by atoms with E-state index in [0.717, 1.165) is 31.5 Å². The number of imidazole rings is 1. The van der Waals surface area contributed by atoms with Gasteiger partial charge in [-0.25, -0.2) is 14.0 Å². The highest BCUT2D eigenvalue weighted by Crippen LogP contribution is 2.33. The summed E-state index contributed by atoms with van der Waals surface area (Å²) in [6, 6.07) is 2.02. The zero-order valence-corrected chi connectivity index (χ0v) is 17.5. The van der Waals surface area contributed by atoms with E-state index in [1.54, 1.807) is 7.05 Å². The second-order valence-electron chi connectivity index (χ2n) is 7.87. The van der Waals surface area contributed by atoms with Crippen LogP contribution >= 0.6 is 0 Å². The lowest BCUT2D eigenvalue weighted by atomic mass is 9.89. The number of aliphatic carboxylic acids is 1. The van der Waals surface area contributed by atoms with Crippen molar-refractivity contribution in [2.75, 3.05) is 13.1 Å². The van der Waals surface area contributed by atoms with Crippen molar-refractivity contribution in [3.8, 4) is 0 Å². The number of hydrogen-bond acceptors (Lipinski definition) is 5. The molecule has 1 unspecified atom stereocenters. The second kappa shape index (κ2) is 9.33. The summed E-state index contributed by atoms with van der Waals surface area (Å²) in [4.78, 5) is 45.5. The summed E-state index contributed by atoms with van der Waals surface area (Å²) in [6.07, 6.45) is -2.94. The second-order valence-corrected chi connectivity index (χ2v) is 7.87. The minimum Gasteiger partial charge on any atom is -0.475 e. The fourth-order valence-corrected chi connectivity index (χ4v) is 4.19. The molecule has 2 aliphatic heterocycles. The van der Waals surface area contributed by atoms with Gasteiger partial charge in [-0.1, -0.05) is 0 Å². The van der Waals surface area contributed by atoms with Crippen LogP contribution in [0.25, 0.3) is 11.0 Å². The van der Waals surface area contributed by atoms with Crippen molar-refractivity contribution >= 4 is 28.8 Å². The fourth-order valence-electron chi connectivity index (χ4n) is 4.19. The van der Waals surface area contributed by atoms with Gasteiger partial charge < -0.3 is 10.4 Å². The maximum absolute atomic E-state index is 14.4. The summed E-state index contributed by atoms with van der Waals surface area (Å²) in [5.74, 6) is -3.87. The molecule has 2 saturated heterocycles. The van der Waals surface area contributed by atoms with E-state index in [1.807, 2.05) is 0 Å². The molecule has 9 nitrogen and oxygen atoms in total. The van der Waals surface area contributed by atoms with E-state index in [0.29, 0.717) is 11.0 Å². The number of aryl methyl sites for hydroxylation is 1. The Hall–Kier alpha value is -3.22. The number of nitrogens with one attached hydrogen (secondary N) is 2. The lowest BCUT2D eigenvalue weighted by molar-refractivity contribution is -0.192. The van der Waals surface area contributed by atoms with Crippen LogP contribution in [0.4, 0.5) is 17.6 Å². The molecular weight excluding hydrogens is 452 g/mol. The standard InChI is InChI=1S/C18H21FN4O3.C2HF3O2/c1-22-16-12(10-4-6-20-7-5-10)8-11(19)9-14(16)23(18(22)26)13-2-3-15(24)21-17(13)25;3-2(4,5)1(6)7/h8-10,13,20H,2-7H2,1H3,(H,21,24,25);(H,6,7). The number of halogens is 4. The van der Waals surface area contributed by atoms with E-state index < -0.39 is 29.9 Å². The van der Waals surface area contributed by atoms with Crippen molar-refractivity contribution < 1.29 is 37.1 Å². The molecule has 1 atom stereocenters. The molecule has 0 radical (unpaired) electrons. The molecule has 0 aliphatic carbocycles. The third-order valence-electron chi connectivity index (χ3n) is 5.72. The molecule has 2 aromatic rings. The number of carboxylic acids is 1. The van der Waals surface area contributed by atoms with Crippen LogP contribution in [-0.2, 0) is 21.4 Å². The van der Waals surface area contributed by atoms with Crippen molar-refractivity contribution in [1.82, 2.24) is 19.8 Å². The Labute approximate surface area is 184 Å². The Morgan fingerprint density at radius 3 is 2.27 bits per heavy atom. The number of piperidine rings is 2.